The van der Waals surface area contributed by atoms with Gasteiger partial charge < -0.3 is 19.7 Å². The minimum atomic E-state index is -0.0318. The van der Waals surface area contributed by atoms with Gasteiger partial charge in [0.1, 0.15) is 17.6 Å². The van der Waals surface area contributed by atoms with E-state index < -0.39 is 0 Å². The Morgan fingerprint density at radius 2 is 1.96 bits per heavy atom. The van der Waals surface area contributed by atoms with Crippen LogP contribution in [0.15, 0.2) is 48.8 Å². The highest BCUT2D eigenvalue weighted by molar-refractivity contribution is 5.74. The fourth-order valence-corrected chi connectivity index (χ4v) is 2.82. The number of likely N-dealkylation sites (tertiary alicyclic amines) is 1. The third-order valence-corrected chi connectivity index (χ3v) is 4.27. The number of methoxy groups -OCH3 is 1. The first kappa shape index (κ1) is 17.1. The lowest BCUT2D eigenvalue weighted by atomic mass is 10.1. The van der Waals surface area contributed by atoms with Gasteiger partial charge in [-0.2, -0.15) is 0 Å². The SMILES string of the molecule is COc1ccc(CNC(=O)N2CCC(Oc3cccnc3)CC2)cc1. The summed E-state index contributed by atoms with van der Waals surface area (Å²) in [4.78, 5) is 18.2. The second-order valence-electron chi connectivity index (χ2n) is 6.00. The van der Waals surface area contributed by atoms with E-state index in [0.29, 0.717) is 19.6 Å². The number of rotatable bonds is 5. The number of nitrogens with zero attached hydrogens (tertiary/aromatic N) is 2. The van der Waals surface area contributed by atoms with Gasteiger partial charge >= 0.3 is 6.03 Å². The van der Waals surface area contributed by atoms with E-state index in [9.17, 15) is 4.79 Å². The number of carbonyl (C=O) groups is 1. The number of carbonyl (C=O) groups excluding carboxylic acids is 1. The van der Waals surface area contributed by atoms with E-state index in [0.717, 1.165) is 29.9 Å². The zero-order chi connectivity index (χ0) is 17.5. The molecule has 1 aromatic carbocycles. The molecule has 1 aliphatic rings. The van der Waals surface area contributed by atoms with Crippen molar-refractivity contribution in [1.29, 1.82) is 0 Å². The van der Waals surface area contributed by atoms with Crippen molar-refractivity contribution >= 4 is 6.03 Å². The van der Waals surface area contributed by atoms with Gasteiger partial charge in [-0.05, 0) is 29.8 Å². The van der Waals surface area contributed by atoms with Crippen LogP contribution in [0.3, 0.4) is 0 Å². The van der Waals surface area contributed by atoms with Crippen molar-refractivity contribution in [2.45, 2.75) is 25.5 Å². The lowest BCUT2D eigenvalue weighted by molar-refractivity contribution is 0.110. The van der Waals surface area contributed by atoms with Crippen LogP contribution in [0.5, 0.6) is 11.5 Å². The molecule has 132 valence electrons. The Hall–Kier alpha value is -2.76. The fourth-order valence-electron chi connectivity index (χ4n) is 2.82. The van der Waals surface area contributed by atoms with Gasteiger partial charge in [0.2, 0.25) is 0 Å². The number of hydrogen-bond donors (Lipinski definition) is 1. The van der Waals surface area contributed by atoms with Crippen molar-refractivity contribution in [2.75, 3.05) is 20.2 Å². The Bertz CT molecular complexity index is 668. The van der Waals surface area contributed by atoms with Crippen LogP contribution in [0.2, 0.25) is 0 Å². The topological polar surface area (TPSA) is 63.7 Å². The number of hydrogen-bond acceptors (Lipinski definition) is 4. The molecule has 1 aliphatic heterocycles. The van der Waals surface area contributed by atoms with Gasteiger partial charge in [0.05, 0.1) is 13.3 Å². The standard InChI is InChI=1S/C19H23N3O3/c1-24-16-6-4-15(5-7-16)13-21-19(23)22-11-8-17(9-12-22)25-18-3-2-10-20-14-18/h2-7,10,14,17H,8-9,11-13H2,1H3,(H,21,23). The molecular formula is C19H23N3O3. The first-order valence-corrected chi connectivity index (χ1v) is 8.47. The molecule has 0 spiro atoms. The minimum absolute atomic E-state index is 0.0318. The normalized spacial score (nSPS) is 14.8. The summed E-state index contributed by atoms with van der Waals surface area (Å²) >= 11 is 0. The van der Waals surface area contributed by atoms with E-state index in [2.05, 4.69) is 10.3 Å². The summed E-state index contributed by atoms with van der Waals surface area (Å²) in [5, 5.41) is 2.97. The van der Waals surface area contributed by atoms with Gasteiger partial charge in [-0.15, -0.1) is 0 Å². The molecule has 1 fully saturated rings. The molecule has 0 saturated carbocycles. The van der Waals surface area contributed by atoms with Crippen molar-refractivity contribution in [3.63, 3.8) is 0 Å². The molecule has 1 saturated heterocycles. The van der Waals surface area contributed by atoms with Gasteiger partial charge in [0.25, 0.3) is 0 Å². The summed E-state index contributed by atoms with van der Waals surface area (Å²) in [6.45, 7) is 1.90. The number of nitrogens with one attached hydrogen (secondary N) is 1. The van der Waals surface area contributed by atoms with E-state index in [1.165, 1.54) is 0 Å². The van der Waals surface area contributed by atoms with Gasteiger partial charge in [0, 0.05) is 38.7 Å². The number of aromatic nitrogens is 1. The monoisotopic (exact) mass is 341 g/mol. The maximum atomic E-state index is 12.3. The van der Waals surface area contributed by atoms with Crippen LogP contribution >= 0.6 is 0 Å². The molecule has 25 heavy (non-hydrogen) atoms. The Morgan fingerprint density at radius 3 is 2.60 bits per heavy atom. The van der Waals surface area contributed by atoms with Crippen molar-refractivity contribution in [1.82, 2.24) is 15.2 Å². The highest BCUT2D eigenvalue weighted by Gasteiger charge is 2.23. The molecule has 0 radical (unpaired) electrons. The number of benzene rings is 1. The second-order valence-corrected chi connectivity index (χ2v) is 6.00. The molecule has 2 amide bonds. The van der Waals surface area contributed by atoms with E-state index in [-0.39, 0.29) is 12.1 Å². The molecule has 0 unspecified atom stereocenters. The van der Waals surface area contributed by atoms with Crippen molar-refractivity contribution in [3.8, 4) is 11.5 Å². The molecule has 0 atom stereocenters. The van der Waals surface area contributed by atoms with Crippen LogP contribution < -0.4 is 14.8 Å². The van der Waals surface area contributed by atoms with Crippen LogP contribution in [0, 0.1) is 0 Å². The van der Waals surface area contributed by atoms with Crippen molar-refractivity contribution in [2.24, 2.45) is 0 Å². The Morgan fingerprint density at radius 1 is 1.20 bits per heavy atom. The molecule has 1 N–H and O–H groups in total. The fraction of sp³-hybridized carbons (Fsp3) is 0.368. The van der Waals surface area contributed by atoms with Crippen LogP contribution in [0.1, 0.15) is 18.4 Å². The number of piperidine rings is 1. The number of pyridine rings is 1. The van der Waals surface area contributed by atoms with Crippen LogP contribution in [-0.2, 0) is 6.54 Å². The maximum Gasteiger partial charge on any atom is 0.317 e. The summed E-state index contributed by atoms with van der Waals surface area (Å²) in [6, 6.07) is 11.4. The molecule has 1 aromatic heterocycles. The van der Waals surface area contributed by atoms with Crippen LogP contribution in [0.4, 0.5) is 4.79 Å². The lowest BCUT2D eigenvalue weighted by Gasteiger charge is -2.32. The van der Waals surface area contributed by atoms with Gasteiger partial charge in [-0.1, -0.05) is 12.1 Å². The second kappa shape index (κ2) is 8.37. The zero-order valence-electron chi connectivity index (χ0n) is 14.4. The summed E-state index contributed by atoms with van der Waals surface area (Å²) in [5.74, 6) is 1.59. The smallest absolute Gasteiger partial charge is 0.317 e. The average Bonchev–Trinajstić information content (AvgIpc) is 2.68. The van der Waals surface area contributed by atoms with E-state index >= 15 is 0 Å². The summed E-state index contributed by atoms with van der Waals surface area (Å²) < 4.78 is 11.0. The zero-order valence-corrected chi connectivity index (χ0v) is 14.4. The minimum Gasteiger partial charge on any atom is -0.497 e. The predicted octanol–water partition coefficient (Wildman–Crippen LogP) is 2.84. The van der Waals surface area contributed by atoms with Gasteiger partial charge in [-0.3, -0.25) is 4.98 Å². The number of ether oxygens (including phenoxy) is 2. The molecule has 6 heteroatoms. The molecule has 0 bridgehead atoms. The van der Waals surface area contributed by atoms with Gasteiger partial charge in [0.15, 0.2) is 0 Å². The molecule has 2 aromatic rings. The molecule has 2 heterocycles. The average molecular weight is 341 g/mol. The van der Waals surface area contributed by atoms with E-state index in [4.69, 9.17) is 9.47 Å². The summed E-state index contributed by atoms with van der Waals surface area (Å²) in [6.07, 6.45) is 5.22. The van der Waals surface area contributed by atoms with Crippen LogP contribution in [-0.4, -0.2) is 42.2 Å². The molecule has 0 aliphatic carbocycles. The predicted molar refractivity (Wildman–Crippen MR) is 94.7 cm³/mol. The Balaban J connectivity index is 1.41. The first-order chi connectivity index (χ1) is 12.2. The summed E-state index contributed by atoms with van der Waals surface area (Å²) in [7, 11) is 1.64. The maximum absolute atomic E-state index is 12.3. The quantitative estimate of drug-likeness (QED) is 0.908. The van der Waals surface area contributed by atoms with Crippen LogP contribution in [0.25, 0.3) is 0 Å². The van der Waals surface area contributed by atoms with E-state index in [1.54, 1.807) is 19.5 Å². The van der Waals surface area contributed by atoms with Crippen molar-refractivity contribution in [3.05, 3.63) is 54.4 Å². The molecule has 6 nitrogen and oxygen atoms in total. The Kier molecular flexibility index (Phi) is 5.72. The van der Waals surface area contributed by atoms with Gasteiger partial charge in [-0.25, -0.2) is 4.79 Å². The largest absolute Gasteiger partial charge is 0.497 e. The number of urea groups is 1. The van der Waals surface area contributed by atoms with E-state index in [1.807, 2.05) is 41.3 Å². The first-order valence-electron chi connectivity index (χ1n) is 8.47. The third kappa shape index (κ3) is 4.86. The third-order valence-electron chi connectivity index (χ3n) is 4.27. The van der Waals surface area contributed by atoms with Crippen molar-refractivity contribution < 1.29 is 14.3 Å². The highest BCUT2D eigenvalue weighted by atomic mass is 16.5. The number of amides is 2. The summed E-state index contributed by atoms with van der Waals surface area (Å²) in [5.41, 5.74) is 1.05. The highest BCUT2D eigenvalue weighted by Crippen LogP contribution is 2.18. The Labute approximate surface area is 147 Å². The molecule has 3 rings (SSSR count). The lowest BCUT2D eigenvalue weighted by Crippen LogP contribution is -2.46. The molecular weight excluding hydrogens is 318 g/mol.